The second-order valence-corrected chi connectivity index (χ2v) is 8.11. The molecule has 1 atom stereocenters. The number of hydrogen-bond donors (Lipinski definition) is 1. The molecule has 0 fully saturated rings. The number of rotatable bonds is 22. The van der Waals surface area contributed by atoms with Gasteiger partial charge in [0.25, 0.3) is 0 Å². The number of aliphatic hydroxyl groups is 1. The van der Waals surface area contributed by atoms with E-state index >= 15 is 0 Å². The third-order valence-corrected chi connectivity index (χ3v) is 5.08. The molecule has 4 nitrogen and oxygen atoms in total. The molecule has 0 aromatic heterocycles. The summed E-state index contributed by atoms with van der Waals surface area (Å²) in [6, 6.07) is 0. The molecular weight excluding hydrogens is 352 g/mol. The minimum atomic E-state index is -0.712. The van der Waals surface area contributed by atoms with Gasteiger partial charge in [0.1, 0.15) is 12.7 Å². The van der Waals surface area contributed by atoms with Gasteiger partial charge in [-0.15, -0.1) is 0 Å². The van der Waals surface area contributed by atoms with E-state index in [-0.39, 0.29) is 19.2 Å². The first kappa shape index (κ1) is 27.4. The number of esters is 1. The summed E-state index contributed by atoms with van der Waals surface area (Å²) >= 11 is 0. The molecule has 0 radical (unpaired) electrons. The van der Waals surface area contributed by atoms with Crippen molar-refractivity contribution in [3.8, 4) is 0 Å². The van der Waals surface area contributed by atoms with Gasteiger partial charge in [0.2, 0.25) is 0 Å². The van der Waals surface area contributed by atoms with E-state index in [9.17, 15) is 9.90 Å². The lowest BCUT2D eigenvalue weighted by Gasteiger charge is -2.11. The molecule has 0 amide bonds. The van der Waals surface area contributed by atoms with Gasteiger partial charge in [0, 0.05) is 13.0 Å². The van der Waals surface area contributed by atoms with Gasteiger partial charge in [0.05, 0.1) is 6.61 Å². The quantitative estimate of drug-likeness (QED) is 0.165. The van der Waals surface area contributed by atoms with Crippen molar-refractivity contribution in [2.75, 3.05) is 19.8 Å². The Bertz CT molecular complexity index is 320. The van der Waals surface area contributed by atoms with Crippen molar-refractivity contribution in [3.05, 3.63) is 0 Å². The molecule has 28 heavy (non-hydrogen) atoms. The number of carbonyl (C=O) groups excluding carboxylic acids is 1. The number of carbonyl (C=O) groups is 1. The van der Waals surface area contributed by atoms with Crippen LogP contribution in [0.2, 0.25) is 0 Å². The normalized spacial score (nSPS) is 12.2. The lowest BCUT2D eigenvalue weighted by atomic mass is 10.0. The number of unbranched alkanes of at least 4 members (excludes halogenated alkanes) is 14. The zero-order chi connectivity index (χ0) is 20.7. The molecule has 0 heterocycles. The lowest BCUT2D eigenvalue weighted by molar-refractivity contribution is -0.147. The zero-order valence-corrected chi connectivity index (χ0v) is 18.9. The highest BCUT2D eigenvalue weighted by molar-refractivity contribution is 5.69. The highest BCUT2D eigenvalue weighted by atomic mass is 16.5. The van der Waals surface area contributed by atoms with Crippen molar-refractivity contribution < 1.29 is 19.4 Å². The summed E-state index contributed by atoms with van der Waals surface area (Å²) in [7, 11) is 0. The van der Waals surface area contributed by atoms with Crippen LogP contribution in [0.3, 0.4) is 0 Å². The third-order valence-electron chi connectivity index (χ3n) is 5.08. The highest BCUT2D eigenvalue weighted by Crippen LogP contribution is 2.13. The Kier molecular flexibility index (Phi) is 22.2. The Morgan fingerprint density at radius 3 is 1.61 bits per heavy atom. The Morgan fingerprint density at radius 1 is 0.679 bits per heavy atom. The molecule has 0 spiro atoms. The predicted molar refractivity (Wildman–Crippen MR) is 118 cm³/mol. The smallest absolute Gasteiger partial charge is 0.305 e. The summed E-state index contributed by atoms with van der Waals surface area (Å²) in [4.78, 5) is 11.6. The van der Waals surface area contributed by atoms with Crippen molar-refractivity contribution in [2.45, 2.75) is 129 Å². The molecule has 0 saturated heterocycles. The van der Waals surface area contributed by atoms with Gasteiger partial charge in [0.15, 0.2) is 0 Å². The monoisotopic (exact) mass is 400 g/mol. The molecule has 0 aliphatic carbocycles. The van der Waals surface area contributed by atoms with E-state index in [4.69, 9.17) is 9.47 Å². The topological polar surface area (TPSA) is 55.8 Å². The molecule has 0 aromatic carbocycles. The number of aliphatic hydroxyl groups excluding tert-OH is 1. The molecule has 4 heteroatoms. The van der Waals surface area contributed by atoms with Crippen LogP contribution in [-0.4, -0.2) is 37.0 Å². The first-order valence-corrected chi connectivity index (χ1v) is 12.1. The van der Waals surface area contributed by atoms with E-state index in [1.165, 1.54) is 83.5 Å². The average molecular weight is 401 g/mol. The van der Waals surface area contributed by atoms with Gasteiger partial charge in [-0.3, -0.25) is 4.79 Å². The summed E-state index contributed by atoms with van der Waals surface area (Å²) < 4.78 is 10.3. The summed E-state index contributed by atoms with van der Waals surface area (Å²) in [5.41, 5.74) is 0. The second-order valence-electron chi connectivity index (χ2n) is 8.11. The summed E-state index contributed by atoms with van der Waals surface area (Å²) in [5, 5.41) is 9.63. The number of hydrogen-bond acceptors (Lipinski definition) is 4. The lowest BCUT2D eigenvalue weighted by Crippen LogP contribution is -2.23. The molecule has 0 aromatic rings. The first-order chi connectivity index (χ1) is 13.7. The third kappa shape index (κ3) is 21.7. The molecule has 0 aliphatic rings. The highest BCUT2D eigenvalue weighted by Gasteiger charge is 2.08. The van der Waals surface area contributed by atoms with Gasteiger partial charge in [-0.2, -0.15) is 0 Å². The minimum absolute atomic E-state index is 0.0429. The van der Waals surface area contributed by atoms with Crippen LogP contribution in [-0.2, 0) is 14.3 Å². The van der Waals surface area contributed by atoms with Crippen LogP contribution in [0.25, 0.3) is 0 Å². The van der Waals surface area contributed by atoms with E-state index < -0.39 is 6.10 Å². The zero-order valence-electron chi connectivity index (χ0n) is 18.9. The molecule has 0 rings (SSSR count). The molecule has 0 aliphatic heterocycles. The standard InChI is InChI=1S/C24H48O4/c1-3-5-6-7-8-9-10-11-12-13-14-15-16-17-18-19-24(26)28-22-23(25)21-27-20-4-2/h23,25H,3-22H2,1-2H3. The van der Waals surface area contributed by atoms with Crippen LogP contribution in [0.4, 0.5) is 0 Å². The van der Waals surface area contributed by atoms with Crippen LogP contribution in [0.5, 0.6) is 0 Å². The summed E-state index contributed by atoms with van der Waals surface area (Å²) in [6.07, 6.45) is 20.4. The molecule has 1 N–H and O–H groups in total. The fourth-order valence-electron chi connectivity index (χ4n) is 3.31. The first-order valence-electron chi connectivity index (χ1n) is 12.1. The van der Waals surface area contributed by atoms with Gasteiger partial charge >= 0.3 is 5.97 Å². The van der Waals surface area contributed by atoms with Crippen LogP contribution in [0, 0.1) is 0 Å². The molecule has 168 valence electrons. The van der Waals surface area contributed by atoms with E-state index in [1.807, 2.05) is 6.92 Å². The summed E-state index contributed by atoms with van der Waals surface area (Å²) in [6.45, 7) is 5.20. The molecule has 1 unspecified atom stereocenters. The summed E-state index contributed by atoms with van der Waals surface area (Å²) in [5.74, 6) is -0.204. The Labute approximate surface area is 174 Å². The van der Waals surface area contributed by atoms with Gasteiger partial charge in [-0.05, 0) is 12.8 Å². The second kappa shape index (κ2) is 22.7. The average Bonchev–Trinajstić information content (AvgIpc) is 2.69. The van der Waals surface area contributed by atoms with Crippen LogP contribution >= 0.6 is 0 Å². The minimum Gasteiger partial charge on any atom is -0.463 e. The number of ether oxygens (including phenoxy) is 2. The Balaban J connectivity index is 3.21. The van der Waals surface area contributed by atoms with Crippen molar-refractivity contribution in [3.63, 3.8) is 0 Å². The largest absolute Gasteiger partial charge is 0.463 e. The van der Waals surface area contributed by atoms with E-state index in [2.05, 4.69) is 6.92 Å². The van der Waals surface area contributed by atoms with Gasteiger partial charge in [-0.1, -0.05) is 104 Å². The van der Waals surface area contributed by atoms with Crippen LogP contribution in [0.1, 0.15) is 123 Å². The van der Waals surface area contributed by atoms with Crippen molar-refractivity contribution in [1.29, 1.82) is 0 Å². The maximum Gasteiger partial charge on any atom is 0.305 e. The Hall–Kier alpha value is -0.610. The predicted octanol–water partition coefficient (Wildman–Crippen LogP) is 6.58. The van der Waals surface area contributed by atoms with Crippen molar-refractivity contribution in [2.24, 2.45) is 0 Å². The van der Waals surface area contributed by atoms with E-state index in [0.29, 0.717) is 13.0 Å². The molecular formula is C24H48O4. The van der Waals surface area contributed by atoms with Gasteiger partial charge < -0.3 is 14.6 Å². The Morgan fingerprint density at radius 2 is 1.14 bits per heavy atom. The van der Waals surface area contributed by atoms with Crippen LogP contribution in [0.15, 0.2) is 0 Å². The fourth-order valence-corrected chi connectivity index (χ4v) is 3.31. The maximum absolute atomic E-state index is 11.6. The molecule has 0 saturated carbocycles. The van der Waals surface area contributed by atoms with E-state index in [0.717, 1.165) is 19.3 Å². The van der Waals surface area contributed by atoms with Gasteiger partial charge in [-0.25, -0.2) is 0 Å². The fraction of sp³-hybridized carbons (Fsp3) is 0.958. The molecule has 0 bridgehead atoms. The van der Waals surface area contributed by atoms with Crippen LogP contribution < -0.4 is 0 Å². The maximum atomic E-state index is 11.6. The van der Waals surface area contributed by atoms with E-state index in [1.54, 1.807) is 0 Å². The SMILES string of the molecule is CCCCCCCCCCCCCCCCCC(=O)OCC(O)COCCC. The van der Waals surface area contributed by atoms with Crippen molar-refractivity contribution in [1.82, 2.24) is 0 Å². The van der Waals surface area contributed by atoms with Crippen molar-refractivity contribution >= 4 is 5.97 Å².